The lowest BCUT2D eigenvalue weighted by Gasteiger charge is -2.50. The Kier molecular flexibility index (Phi) is 11.2. The zero-order valence-electron chi connectivity index (χ0n) is 24.3. The van der Waals surface area contributed by atoms with E-state index in [9.17, 15) is 40.9 Å². The Morgan fingerprint density at radius 3 is 1.64 bits per heavy atom. The molecule has 7 unspecified atom stereocenters. The summed E-state index contributed by atoms with van der Waals surface area (Å²) in [5.41, 5.74) is -0.408. The van der Waals surface area contributed by atoms with Gasteiger partial charge in [-0.25, -0.2) is 0 Å². The van der Waals surface area contributed by atoms with Crippen molar-refractivity contribution in [3.63, 3.8) is 0 Å². The molecule has 16 nitrogen and oxygen atoms in total. The molecule has 0 saturated carbocycles. The highest BCUT2D eigenvalue weighted by Gasteiger charge is 2.55. The lowest BCUT2D eigenvalue weighted by atomic mass is 9.92. The molecule has 16 atom stereocenters. The highest BCUT2D eigenvalue weighted by Crippen LogP contribution is 2.36. The Balaban J connectivity index is 1.42. The van der Waals surface area contributed by atoms with Gasteiger partial charge in [-0.05, 0) is 13.8 Å². The number of aliphatic hydroxyl groups is 8. The standard InChI is InChI=1S/C26H46O16/c1-9(2)36-22-16(32)13(29)19(10(6-27)37-22)40-23-17(33)14(30)20(11(7-28)38-23)41-24-18(34)15(31)21-12(39-24)8-35-25(42-21)26(3,4)5/h9-25,27-34H,6-8H2,1-5H3/t10?,11?,12?,13-,14-,15-,16?,17?,18?,19-,20-,21-,22+,23-,24-,25?/m0/s1. The van der Waals surface area contributed by atoms with Gasteiger partial charge in [0.25, 0.3) is 0 Å². The van der Waals surface area contributed by atoms with Gasteiger partial charge in [0.05, 0.1) is 25.9 Å². The molecule has 0 spiro atoms. The predicted octanol–water partition coefficient (Wildman–Crippen LogP) is -3.71. The van der Waals surface area contributed by atoms with Gasteiger partial charge in [0.15, 0.2) is 25.2 Å². The van der Waals surface area contributed by atoms with Crippen LogP contribution in [0.5, 0.6) is 0 Å². The van der Waals surface area contributed by atoms with Crippen molar-refractivity contribution in [1.82, 2.24) is 0 Å². The monoisotopic (exact) mass is 614 g/mol. The number of hydrogen-bond acceptors (Lipinski definition) is 16. The minimum atomic E-state index is -1.83. The third-order valence-electron chi connectivity index (χ3n) is 7.67. The molecule has 0 aromatic carbocycles. The van der Waals surface area contributed by atoms with Crippen molar-refractivity contribution >= 4 is 0 Å². The van der Waals surface area contributed by atoms with E-state index in [0.29, 0.717) is 0 Å². The smallest absolute Gasteiger partial charge is 0.187 e. The average molecular weight is 615 g/mol. The van der Waals surface area contributed by atoms with Crippen LogP contribution in [-0.2, 0) is 37.9 Å². The Morgan fingerprint density at radius 2 is 1.14 bits per heavy atom. The second-order valence-corrected chi connectivity index (χ2v) is 12.5. The fourth-order valence-corrected chi connectivity index (χ4v) is 5.38. The molecule has 8 N–H and O–H groups in total. The summed E-state index contributed by atoms with van der Waals surface area (Å²) in [7, 11) is 0. The second-order valence-electron chi connectivity index (χ2n) is 12.5. The quantitative estimate of drug-likeness (QED) is 0.131. The van der Waals surface area contributed by atoms with E-state index in [1.54, 1.807) is 13.8 Å². The maximum atomic E-state index is 11.0. The van der Waals surface area contributed by atoms with Gasteiger partial charge in [-0.2, -0.15) is 0 Å². The summed E-state index contributed by atoms with van der Waals surface area (Å²) in [6.45, 7) is 7.68. The molecule has 0 aromatic heterocycles. The molecule has 0 bridgehead atoms. The molecule has 246 valence electrons. The molecule has 42 heavy (non-hydrogen) atoms. The molecule has 0 radical (unpaired) electrons. The van der Waals surface area contributed by atoms with E-state index in [1.165, 1.54) is 0 Å². The number of fused-ring (bicyclic) bond motifs is 1. The maximum Gasteiger partial charge on any atom is 0.187 e. The van der Waals surface area contributed by atoms with E-state index >= 15 is 0 Å². The van der Waals surface area contributed by atoms with Crippen LogP contribution in [0.4, 0.5) is 0 Å². The topological polar surface area (TPSA) is 236 Å². The van der Waals surface area contributed by atoms with Crippen molar-refractivity contribution in [2.24, 2.45) is 5.41 Å². The molecule has 4 aliphatic heterocycles. The lowest BCUT2D eigenvalue weighted by molar-refractivity contribution is -0.397. The molecule has 16 heteroatoms. The largest absolute Gasteiger partial charge is 0.394 e. The summed E-state index contributed by atoms with van der Waals surface area (Å²) < 4.78 is 45.4. The summed E-state index contributed by atoms with van der Waals surface area (Å²) in [4.78, 5) is 0. The lowest BCUT2D eigenvalue weighted by Crippen LogP contribution is -2.67. The molecule has 4 saturated heterocycles. The number of hydrogen-bond donors (Lipinski definition) is 8. The Morgan fingerprint density at radius 1 is 0.667 bits per heavy atom. The van der Waals surface area contributed by atoms with Crippen molar-refractivity contribution in [2.75, 3.05) is 19.8 Å². The summed E-state index contributed by atoms with van der Waals surface area (Å²) in [6.07, 6.45) is -22.6. The van der Waals surface area contributed by atoms with Crippen molar-refractivity contribution in [3.05, 3.63) is 0 Å². The average Bonchev–Trinajstić information content (AvgIpc) is 2.93. The molecule has 0 amide bonds. The molecule has 4 rings (SSSR count). The first-order valence-electron chi connectivity index (χ1n) is 14.2. The SMILES string of the molecule is CC(C)O[C@@H]1OC(CO)[C@H](O[C@@H]2OC(CO)[C@H](O[C@@H]3OC4COC(C(C)(C)C)O[C@@H]4[C@@H](O)C3O)[C@@H](O)C2O)[C@@H](O)C1O. The van der Waals surface area contributed by atoms with Crippen LogP contribution in [0.1, 0.15) is 34.6 Å². The van der Waals surface area contributed by atoms with Crippen LogP contribution in [0, 0.1) is 5.41 Å². The first-order valence-corrected chi connectivity index (χ1v) is 14.2. The van der Waals surface area contributed by atoms with E-state index in [-0.39, 0.29) is 12.7 Å². The fraction of sp³-hybridized carbons (Fsp3) is 1.00. The molecule has 4 aliphatic rings. The van der Waals surface area contributed by atoms with Crippen molar-refractivity contribution in [3.8, 4) is 0 Å². The first-order chi connectivity index (χ1) is 19.7. The van der Waals surface area contributed by atoms with Gasteiger partial charge in [0.2, 0.25) is 0 Å². The summed E-state index contributed by atoms with van der Waals surface area (Å²) >= 11 is 0. The maximum absolute atomic E-state index is 11.0. The number of ether oxygens (including phenoxy) is 8. The summed E-state index contributed by atoms with van der Waals surface area (Å²) in [5.74, 6) is 0. The second kappa shape index (κ2) is 13.8. The predicted molar refractivity (Wildman–Crippen MR) is 136 cm³/mol. The Hall–Kier alpha value is -0.640. The van der Waals surface area contributed by atoms with Crippen LogP contribution in [0.25, 0.3) is 0 Å². The van der Waals surface area contributed by atoms with Gasteiger partial charge in [-0.1, -0.05) is 20.8 Å². The van der Waals surface area contributed by atoms with Gasteiger partial charge in [-0.3, -0.25) is 0 Å². The molecule has 4 heterocycles. The number of aliphatic hydroxyl groups excluding tert-OH is 8. The van der Waals surface area contributed by atoms with Gasteiger partial charge in [0.1, 0.15) is 73.2 Å². The van der Waals surface area contributed by atoms with Gasteiger partial charge in [0, 0.05) is 5.41 Å². The van der Waals surface area contributed by atoms with Crippen molar-refractivity contribution < 1.29 is 78.7 Å². The van der Waals surface area contributed by atoms with E-state index in [2.05, 4.69) is 0 Å². The fourth-order valence-electron chi connectivity index (χ4n) is 5.38. The van der Waals surface area contributed by atoms with Crippen LogP contribution < -0.4 is 0 Å². The van der Waals surface area contributed by atoms with Crippen LogP contribution in [0.2, 0.25) is 0 Å². The molecule has 4 fully saturated rings. The van der Waals surface area contributed by atoms with E-state index < -0.39 is 117 Å². The van der Waals surface area contributed by atoms with Gasteiger partial charge in [-0.15, -0.1) is 0 Å². The number of rotatable bonds is 8. The van der Waals surface area contributed by atoms with Crippen molar-refractivity contribution in [1.29, 1.82) is 0 Å². The van der Waals surface area contributed by atoms with Crippen LogP contribution in [-0.4, -0.2) is 165 Å². The Labute approximate surface area is 243 Å². The van der Waals surface area contributed by atoms with Gasteiger partial charge < -0.3 is 78.7 Å². The first kappa shape index (κ1) is 34.2. The zero-order valence-corrected chi connectivity index (χ0v) is 24.3. The van der Waals surface area contributed by atoms with E-state index in [4.69, 9.17) is 37.9 Å². The molecule has 0 aromatic rings. The highest BCUT2D eigenvalue weighted by atomic mass is 16.8. The normalized spacial score (nSPS) is 48.7. The minimum Gasteiger partial charge on any atom is -0.394 e. The molecular formula is C26H46O16. The van der Waals surface area contributed by atoms with Crippen LogP contribution >= 0.6 is 0 Å². The zero-order chi connectivity index (χ0) is 31.1. The minimum absolute atomic E-state index is 0.0225. The van der Waals surface area contributed by atoms with Crippen molar-refractivity contribution in [2.45, 2.75) is 139 Å². The summed E-state index contributed by atoms with van der Waals surface area (Å²) in [5, 5.41) is 84.4. The van der Waals surface area contributed by atoms with E-state index in [1.807, 2.05) is 20.8 Å². The third-order valence-corrected chi connectivity index (χ3v) is 7.67. The third kappa shape index (κ3) is 7.09. The summed E-state index contributed by atoms with van der Waals surface area (Å²) in [6, 6.07) is 0. The van der Waals surface area contributed by atoms with E-state index in [0.717, 1.165) is 0 Å². The van der Waals surface area contributed by atoms with Gasteiger partial charge >= 0.3 is 0 Å². The Bertz CT molecular complexity index is 851. The van der Waals surface area contributed by atoms with Crippen LogP contribution in [0.15, 0.2) is 0 Å². The molecular weight excluding hydrogens is 568 g/mol. The van der Waals surface area contributed by atoms with Crippen LogP contribution in [0.3, 0.4) is 0 Å². The molecule has 0 aliphatic carbocycles. The highest BCUT2D eigenvalue weighted by molar-refractivity contribution is 4.97.